The van der Waals surface area contributed by atoms with Crippen LogP contribution in [0, 0.1) is 0 Å². The topological polar surface area (TPSA) is 77.2 Å². The summed E-state index contributed by atoms with van der Waals surface area (Å²) in [5.74, 6) is 0.990. The molecule has 0 radical (unpaired) electrons. The third-order valence-electron chi connectivity index (χ3n) is 3.44. The second-order valence-electron chi connectivity index (χ2n) is 5.46. The lowest BCUT2D eigenvalue weighted by atomic mass is 10.2. The Morgan fingerprint density at radius 2 is 2.12 bits per heavy atom. The SMILES string of the molecule is C[C@@H](Oc1cccc(Cl)c1)C(=O)NCc1nc(-c2cccc(Br)c2)no1. The number of hydrogen-bond donors (Lipinski definition) is 1. The third-order valence-corrected chi connectivity index (χ3v) is 4.17. The summed E-state index contributed by atoms with van der Waals surface area (Å²) >= 11 is 9.30. The fourth-order valence-corrected chi connectivity index (χ4v) is 2.76. The number of carbonyl (C=O) groups is 1. The lowest BCUT2D eigenvalue weighted by Crippen LogP contribution is -2.35. The van der Waals surface area contributed by atoms with Crippen molar-refractivity contribution in [3.8, 4) is 17.1 Å². The second kappa shape index (κ2) is 8.33. The highest BCUT2D eigenvalue weighted by Gasteiger charge is 2.16. The number of benzene rings is 2. The molecule has 2 aromatic carbocycles. The Morgan fingerprint density at radius 3 is 2.88 bits per heavy atom. The maximum absolute atomic E-state index is 12.2. The molecule has 8 heteroatoms. The summed E-state index contributed by atoms with van der Waals surface area (Å²) in [4.78, 5) is 16.4. The van der Waals surface area contributed by atoms with Crippen molar-refractivity contribution in [2.75, 3.05) is 0 Å². The molecule has 6 nitrogen and oxygen atoms in total. The number of nitrogens with zero attached hydrogens (tertiary/aromatic N) is 2. The first-order valence-corrected chi connectivity index (χ1v) is 8.97. The van der Waals surface area contributed by atoms with Crippen LogP contribution in [0.25, 0.3) is 11.4 Å². The highest BCUT2D eigenvalue weighted by Crippen LogP contribution is 2.20. The molecule has 0 bridgehead atoms. The van der Waals surface area contributed by atoms with Crippen molar-refractivity contribution in [1.82, 2.24) is 15.5 Å². The minimum absolute atomic E-state index is 0.114. The van der Waals surface area contributed by atoms with Crippen molar-refractivity contribution in [3.05, 3.63) is 63.9 Å². The number of rotatable bonds is 6. The minimum Gasteiger partial charge on any atom is -0.481 e. The van der Waals surface area contributed by atoms with Gasteiger partial charge in [-0.05, 0) is 37.3 Å². The van der Waals surface area contributed by atoms with Crippen LogP contribution in [-0.4, -0.2) is 22.2 Å². The van der Waals surface area contributed by atoms with Crippen molar-refractivity contribution in [2.24, 2.45) is 0 Å². The van der Waals surface area contributed by atoms with Crippen molar-refractivity contribution in [3.63, 3.8) is 0 Å². The number of carbonyl (C=O) groups excluding carboxylic acids is 1. The van der Waals surface area contributed by atoms with Crippen molar-refractivity contribution in [1.29, 1.82) is 0 Å². The molecule has 3 aromatic rings. The van der Waals surface area contributed by atoms with Crippen molar-refractivity contribution >= 4 is 33.4 Å². The molecule has 134 valence electrons. The summed E-state index contributed by atoms with van der Waals surface area (Å²) in [6, 6.07) is 14.4. The molecule has 0 spiro atoms. The molecule has 0 unspecified atom stereocenters. The van der Waals surface area contributed by atoms with E-state index in [1.165, 1.54) is 0 Å². The number of amides is 1. The van der Waals surface area contributed by atoms with Gasteiger partial charge in [0, 0.05) is 15.1 Å². The average Bonchev–Trinajstić information content (AvgIpc) is 3.08. The van der Waals surface area contributed by atoms with Gasteiger partial charge in [-0.2, -0.15) is 4.98 Å². The second-order valence-corrected chi connectivity index (χ2v) is 6.81. The Labute approximate surface area is 163 Å². The van der Waals surface area contributed by atoms with Gasteiger partial charge in [-0.25, -0.2) is 0 Å². The summed E-state index contributed by atoms with van der Waals surface area (Å²) in [5.41, 5.74) is 0.818. The number of aromatic nitrogens is 2. The van der Waals surface area contributed by atoms with Crippen LogP contribution in [0.1, 0.15) is 12.8 Å². The first kappa shape index (κ1) is 18.4. The first-order valence-electron chi connectivity index (χ1n) is 7.80. The van der Waals surface area contributed by atoms with E-state index < -0.39 is 6.10 Å². The summed E-state index contributed by atoms with van der Waals surface area (Å²) in [6.45, 7) is 1.76. The molecule has 1 N–H and O–H groups in total. The van der Waals surface area contributed by atoms with Gasteiger partial charge in [-0.15, -0.1) is 0 Å². The van der Waals surface area contributed by atoms with E-state index in [4.69, 9.17) is 20.9 Å². The van der Waals surface area contributed by atoms with Gasteiger partial charge in [0.1, 0.15) is 5.75 Å². The van der Waals surface area contributed by atoms with E-state index in [0.29, 0.717) is 22.5 Å². The van der Waals surface area contributed by atoms with Crippen molar-refractivity contribution < 1.29 is 14.1 Å². The fraction of sp³-hybridized carbons (Fsp3) is 0.167. The third kappa shape index (κ3) is 4.83. The predicted molar refractivity (Wildman–Crippen MR) is 101 cm³/mol. The molecule has 26 heavy (non-hydrogen) atoms. The van der Waals surface area contributed by atoms with Crippen LogP contribution in [-0.2, 0) is 11.3 Å². The molecule has 0 aliphatic carbocycles. The van der Waals surface area contributed by atoms with E-state index in [1.54, 1.807) is 31.2 Å². The predicted octanol–water partition coefficient (Wildman–Crippen LogP) is 4.24. The van der Waals surface area contributed by atoms with Gasteiger partial charge in [0.05, 0.1) is 6.54 Å². The normalized spacial score (nSPS) is 11.8. The monoisotopic (exact) mass is 435 g/mol. The van der Waals surface area contributed by atoms with Crippen LogP contribution in [0.4, 0.5) is 0 Å². The lowest BCUT2D eigenvalue weighted by Gasteiger charge is -2.14. The number of hydrogen-bond acceptors (Lipinski definition) is 5. The molecule has 0 aliphatic rings. The molecular formula is C18H15BrClN3O3. The average molecular weight is 437 g/mol. The Bertz CT molecular complexity index is 916. The molecule has 1 atom stereocenters. The highest BCUT2D eigenvalue weighted by molar-refractivity contribution is 9.10. The Balaban J connectivity index is 1.56. The molecule has 1 amide bonds. The smallest absolute Gasteiger partial charge is 0.261 e. The minimum atomic E-state index is -0.694. The van der Waals surface area contributed by atoms with Gasteiger partial charge in [-0.1, -0.05) is 50.9 Å². The summed E-state index contributed by atoms with van der Waals surface area (Å²) < 4.78 is 11.7. The zero-order valence-corrected chi connectivity index (χ0v) is 16.1. The van der Waals surface area contributed by atoms with E-state index in [-0.39, 0.29) is 12.5 Å². The highest BCUT2D eigenvalue weighted by atomic mass is 79.9. The van der Waals surface area contributed by atoms with E-state index in [2.05, 4.69) is 31.4 Å². The number of halogens is 2. The molecule has 1 aromatic heterocycles. The number of ether oxygens (including phenoxy) is 1. The van der Waals surface area contributed by atoms with Gasteiger partial charge < -0.3 is 14.6 Å². The Hall–Kier alpha value is -2.38. The van der Waals surface area contributed by atoms with Crippen LogP contribution < -0.4 is 10.1 Å². The summed E-state index contributed by atoms with van der Waals surface area (Å²) in [5, 5.41) is 7.17. The first-order chi connectivity index (χ1) is 12.5. The molecule has 3 rings (SSSR count). The molecular weight excluding hydrogens is 422 g/mol. The maximum atomic E-state index is 12.2. The van der Waals surface area contributed by atoms with E-state index in [9.17, 15) is 4.79 Å². The van der Waals surface area contributed by atoms with Gasteiger partial charge in [0.2, 0.25) is 11.7 Å². The van der Waals surface area contributed by atoms with E-state index in [0.717, 1.165) is 10.0 Å². The molecule has 0 saturated carbocycles. The van der Waals surface area contributed by atoms with Gasteiger partial charge in [0.25, 0.3) is 5.91 Å². The zero-order valence-electron chi connectivity index (χ0n) is 13.8. The molecule has 0 fully saturated rings. The standard InChI is InChI=1S/C18H15BrClN3O3/c1-11(25-15-7-3-6-14(20)9-15)18(24)21-10-16-22-17(23-26-16)12-4-2-5-13(19)8-12/h2-9,11H,10H2,1H3,(H,21,24)/t11-/m1/s1. The van der Waals surface area contributed by atoms with Crippen LogP contribution in [0.2, 0.25) is 5.02 Å². The van der Waals surface area contributed by atoms with Gasteiger partial charge in [0.15, 0.2) is 6.10 Å². The van der Waals surface area contributed by atoms with Crippen LogP contribution >= 0.6 is 27.5 Å². The van der Waals surface area contributed by atoms with E-state index >= 15 is 0 Å². The Morgan fingerprint density at radius 1 is 1.31 bits per heavy atom. The summed E-state index contributed by atoms with van der Waals surface area (Å²) in [7, 11) is 0. The molecule has 0 aliphatic heterocycles. The van der Waals surface area contributed by atoms with Crippen molar-refractivity contribution in [2.45, 2.75) is 19.6 Å². The quantitative estimate of drug-likeness (QED) is 0.625. The zero-order chi connectivity index (χ0) is 18.5. The van der Waals surface area contributed by atoms with Crippen LogP contribution in [0.5, 0.6) is 5.75 Å². The summed E-state index contributed by atoms with van der Waals surface area (Å²) in [6.07, 6.45) is -0.694. The molecule has 1 heterocycles. The number of nitrogens with one attached hydrogen (secondary N) is 1. The maximum Gasteiger partial charge on any atom is 0.261 e. The largest absolute Gasteiger partial charge is 0.481 e. The fourth-order valence-electron chi connectivity index (χ4n) is 2.18. The van der Waals surface area contributed by atoms with Crippen LogP contribution in [0.15, 0.2) is 57.5 Å². The molecule has 0 saturated heterocycles. The Kier molecular flexibility index (Phi) is 5.90. The van der Waals surface area contributed by atoms with Gasteiger partial charge >= 0.3 is 0 Å². The van der Waals surface area contributed by atoms with Gasteiger partial charge in [-0.3, -0.25) is 4.79 Å². The lowest BCUT2D eigenvalue weighted by molar-refractivity contribution is -0.127. The van der Waals surface area contributed by atoms with Crippen LogP contribution in [0.3, 0.4) is 0 Å². The van der Waals surface area contributed by atoms with E-state index in [1.807, 2.05) is 24.3 Å².